The number of benzene rings is 3. The van der Waals surface area contributed by atoms with Crippen molar-refractivity contribution >= 4 is 22.2 Å². The maximum atomic E-state index is 12.3. The molecule has 0 bridgehead atoms. The second-order valence-electron chi connectivity index (χ2n) is 6.33. The van der Waals surface area contributed by atoms with Crippen LogP contribution < -0.4 is 14.3 Å². The Labute approximate surface area is 175 Å². The average molecular weight is 424 g/mol. The third kappa shape index (κ3) is 5.24. The number of carbonyl (C=O) groups is 1. The lowest BCUT2D eigenvalue weighted by Crippen LogP contribution is -2.18. The van der Waals surface area contributed by atoms with E-state index in [1.807, 2.05) is 6.92 Å². The van der Waals surface area contributed by atoms with Gasteiger partial charge in [0.05, 0.1) is 18.9 Å². The molecule has 3 aromatic carbocycles. The Morgan fingerprint density at radius 1 is 1.00 bits per heavy atom. The Morgan fingerprint density at radius 2 is 1.77 bits per heavy atom. The third-order valence-electron chi connectivity index (χ3n) is 4.08. The Morgan fingerprint density at radius 3 is 2.50 bits per heavy atom. The van der Waals surface area contributed by atoms with Crippen molar-refractivity contribution in [2.75, 3.05) is 7.11 Å². The number of aryl methyl sites for hydroxylation is 1. The van der Waals surface area contributed by atoms with Gasteiger partial charge in [0.15, 0.2) is 0 Å². The molecule has 0 spiro atoms. The lowest BCUT2D eigenvalue weighted by molar-refractivity contribution is 0.0952. The standard InChI is InChI=1S/C22H20N2O5S/c1-16-11-12-20(21(13-16)28-2)22(25)24-23-15-17-7-6-8-18(14-17)29-30(26,27)19-9-4-3-5-10-19/h3-15H,1-2H3,(H,24,25)/b23-15+. The highest BCUT2D eigenvalue weighted by Gasteiger charge is 2.16. The number of nitrogens with one attached hydrogen (secondary N) is 1. The molecule has 0 unspecified atom stereocenters. The van der Waals surface area contributed by atoms with E-state index in [0.29, 0.717) is 16.9 Å². The molecule has 0 aliphatic rings. The highest BCUT2D eigenvalue weighted by molar-refractivity contribution is 7.87. The van der Waals surface area contributed by atoms with Crippen LogP contribution in [0.3, 0.4) is 0 Å². The minimum atomic E-state index is -3.94. The predicted molar refractivity (Wildman–Crippen MR) is 113 cm³/mol. The number of amides is 1. The summed E-state index contributed by atoms with van der Waals surface area (Å²) in [7, 11) is -2.45. The van der Waals surface area contributed by atoms with Gasteiger partial charge in [0.1, 0.15) is 16.4 Å². The van der Waals surface area contributed by atoms with Gasteiger partial charge in [-0.25, -0.2) is 5.43 Å². The fourth-order valence-corrected chi connectivity index (χ4v) is 3.56. The van der Waals surface area contributed by atoms with Gasteiger partial charge in [-0.3, -0.25) is 4.79 Å². The lowest BCUT2D eigenvalue weighted by Gasteiger charge is -2.08. The summed E-state index contributed by atoms with van der Waals surface area (Å²) < 4.78 is 35.1. The largest absolute Gasteiger partial charge is 0.496 e. The molecule has 0 saturated heterocycles. The van der Waals surface area contributed by atoms with Crippen molar-refractivity contribution in [3.8, 4) is 11.5 Å². The van der Waals surface area contributed by atoms with Crippen molar-refractivity contribution in [3.05, 3.63) is 89.5 Å². The van der Waals surface area contributed by atoms with E-state index < -0.39 is 16.0 Å². The van der Waals surface area contributed by atoms with Crippen LogP contribution in [-0.4, -0.2) is 27.6 Å². The zero-order valence-corrected chi connectivity index (χ0v) is 17.2. The van der Waals surface area contributed by atoms with Gasteiger partial charge in [-0.1, -0.05) is 36.4 Å². The highest BCUT2D eigenvalue weighted by Crippen LogP contribution is 2.20. The molecule has 0 saturated carbocycles. The van der Waals surface area contributed by atoms with Gasteiger partial charge in [-0.05, 0) is 54.4 Å². The maximum absolute atomic E-state index is 12.3. The van der Waals surface area contributed by atoms with Crippen molar-refractivity contribution in [2.24, 2.45) is 5.10 Å². The van der Waals surface area contributed by atoms with Crippen LogP contribution >= 0.6 is 0 Å². The minimum Gasteiger partial charge on any atom is -0.496 e. The summed E-state index contributed by atoms with van der Waals surface area (Å²) >= 11 is 0. The molecule has 154 valence electrons. The summed E-state index contributed by atoms with van der Waals surface area (Å²) in [6, 6.07) is 19.4. The Balaban J connectivity index is 1.70. The molecular formula is C22H20N2O5S. The number of rotatable bonds is 7. The van der Waals surface area contributed by atoms with E-state index >= 15 is 0 Å². The van der Waals surface area contributed by atoms with Crippen molar-refractivity contribution in [3.63, 3.8) is 0 Å². The van der Waals surface area contributed by atoms with Gasteiger partial charge < -0.3 is 8.92 Å². The Kier molecular flexibility index (Phi) is 6.48. The summed E-state index contributed by atoms with van der Waals surface area (Å²) in [5, 5.41) is 3.93. The molecule has 1 N–H and O–H groups in total. The van der Waals surface area contributed by atoms with Gasteiger partial charge in [0, 0.05) is 0 Å². The molecule has 7 nitrogen and oxygen atoms in total. The number of ether oxygens (including phenoxy) is 1. The first kappa shape index (κ1) is 21.1. The first-order chi connectivity index (χ1) is 14.4. The van der Waals surface area contributed by atoms with Gasteiger partial charge in [-0.2, -0.15) is 13.5 Å². The molecule has 0 radical (unpaired) electrons. The van der Waals surface area contributed by atoms with Crippen LogP contribution in [0.15, 0.2) is 82.8 Å². The van der Waals surface area contributed by atoms with Gasteiger partial charge in [0.25, 0.3) is 5.91 Å². The number of methoxy groups -OCH3 is 1. The molecule has 3 rings (SSSR count). The van der Waals surface area contributed by atoms with E-state index in [9.17, 15) is 13.2 Å². The fraction of sp³-hybridized carbons (Fsp3) is 0.0909. The fourth-order valence-electron chi connectivity index (χ4n) is 2.62. The second-order valence-corrected chi connectivity index (χ2v) is 7.87. The average Bonchev–Trinajstić information content (AvgIpc) is 2.74. The zero-order valence-electron chi connectivity index (χ0n) is 16.4. The lowest BCUT2D eigenvalue weighted by atomic mass is 10.1. The van der Waals surface area contributed by atoms with E-state index in [1.165, 1.54) is 37.6 Å². The summed E-state index contributed by atoms with van der Waals surface area (Å²) in [4.78, 5) is 12.4. The van der Waals surface area contributed by atoms with Crippen LogP contribution in [0, 0.1) is 6.92 Å². The number of carbonyl (C=O) groups excluding carboxylic acids is 1. The van der Waals surface area contributed by atoms with Gasteiger partial charge in [-0.15, -0.1) is 0 Å². The third-order valence-corrected chi connectivity index (χ3v) is 5.34. The first-order valence-corrected chi connectivity index (χ1v) is 10.4. The molecule has 0 fully saturated rings. The first-order valence-electron chi connectivity index (χ1n) is 8.97. The summed E-state index contributed by atoms with van der Waals surface area (Å²) in [6.07, 6.45) is 1.39. The molecule has 0 aromatic heterocycles. The van der Waals surface area contributed by atoms with E-state index in [-0.39, 0.29) is 10.6 Å². The highest BCUT2D eigenvalue weighted by atomic mass is 32.2. The monoisotopic (exact) mass is 424 g/mol. The molecule has 30 heavy (non-hydrogen) atoms. The topological polar surface area (TPSA) is 94.1 Å². The van der Waals surface area contributed by atoms with E-state index in [4.69, 9.17) is 8.92 Å². The van der Waals surface area contributed by atoms with Crippen molar-refractivity contribution in [1.82, 2.24) is 5.43 Å². The summed E-state index contributed by atoms with van der Waals surface area (Å²) in [6.45, 7) is 1.90. The van der Waals surface area contributed by atoms with Crippen LogP contribution in [-0.2, 0) is 10.1 Å². The SMILES string of the molecule is COc1cc(C)ccc1C(=O)N/N=C/c1cccc(OS(=O)(=O)c2ccccc2)c1. The number of nitrogens with zero attached hydrogens (tertiary/aromatic N) is 1. The Bertz CT molecular complexity index is 1180. The molecule has 1 amide bonds. The second kappa shape index (κ2) is 9.23. The normalized spacial score (nSPS) is 11.3. The van der Waals surface area contributed by atoms with Crippen molar-refractivity contribution in [2.45, 2.75) is 11.8 Å². The molecule has 0 atom stereocenters. The van der Waals surface area contributed by atoms with Crippen LogP contribution in [0.2, 0.25) is 0 Å². The van der Waals surface area contributed by atoms with Gasteiger partial charge >= 0.3 is 10.1 Å². The van der Waals surface area contributed by atoms with Crippen LogP contribution in [0.5, 0.6) is 11.5 Å². The van der Waals surface area contributed by atoms with Crippen LogP contribution in [0.1, 0.15) is 21.5 Å². The Hall–Kier alpha value is -3.65. The molecule has 8 heteroatoms. The van der Waals surface area contributed by atoms with Gasteiger partial charge in [0.2, 0.25) is 0 Å². The van der Waals surface area contributed by atoms with E-state index in [1.54, 1.807) is 48.5 Å². The molecule has 3 aromatic rings. The summed E-state index contributed by atoms with van der Waals surface area (Å²) in [5.41, 5.74) is 4.29. The summed E-state index contributed by atoms with van der Waals surface area (Å²) in [5.74, 6) is 0.153. The molecule has 0 aliphatic heterocycles. The minimum absolute atomic E-state index is 0.0587. The van der Waals surface area contributed by atoms with Crippen LogP contribution in [0.4, 0.5) is 0 Å². The zero-order chi connectivity index (χ0) is 21.6. The predicted octanol–water partition coefficient (Wildman–Crippen LogP) is 3.54. The number of hydrazone groups is 1. The molecule has 0 heterocycles. The number of hydrogen-bond donors (Lipinski definition) is 1. The van der Waals surface area contributed by atoms with Crippen LogP contribution in [0.25, 0.3) is 0 Å². The number of hydrogen-bond acceptors (Lipinski definition) is 6. The van der Waals surface area contributed by atoms with E-state index in [2.05, 4.69) is 10.5 Å². The quantitative estimate of drug-likeness (QED) is 0.356. The van der Waals surface area contributed by atoms with E-state index in [0.717, 1.165) is 5.56 Å². The van der Waals surface area contributed by atoms with Crippen molar-refractivity contribution < 1.29 is 22.1 Å². The van der Waals surface area contributed by atoms with Crippen molar-refractivity contribution in [1.29, 1.82) is 0 Å². The maximum Gasteiger partial charge on any atom is 0.339 e. The molecular weight excluding hydrogens is 404 g/mol. The molecule has 0 aliphatic carbocycles. The smallest absolute Gasteiger partial charge is 0.339 e.